The van der Waals surface area contributed by atoms with Crippen molar-refractivity contribution in [3.05, 3.63) is 100 Å². The number of rotatable bonds is 5. The van der Waals surface area contributed by atoms with Gasteiger partial charge in [-0.3, -0.25) is 14.5 Å². The maximum atomic E-state index is 13.3. The number of benzene rings is 3. The fraction of sp³-hybridized carbons (Fsp3) is 0.214. The molecule has 33 heavy (non-hydrogen) atoms. The summed E-state index contributed by atoms with van der Waals surface area (Å²) in [5, 5.41) is 11.4. The van der Waals surface area contributed by atoms with Gasteiger partial charge in [0.15, 0.2) is 0 Å². The van der Waals surface area contributed by atoms with Gasteiger partial charge in [0.1, 0.15) is 11.5 Å². The number of ketones is 1. The normalized spacial score (nSPS) is 17.5. The fourth-order valence-corrected chi connectivity index (χ4v) is 4.27. The maximum Gasteiger partial charge on any atom is 0.300 e. The highest BCUT2D eigenvalue weighted by Crippen LogP contribution is 2.43. The minimum Gasteiger partial charge on any atom is -0.507 e. The zero-order valence-corrected chi connectivity index (χ0v) is 19.3. The second kappa shape index (κ2) is 8.94. The molecular weight excluding hydrogens is 414 g/mol. The molecule has 1 N–H and O–H groups in total. The monoisotopic (exact) mass is 441 g/mol. The van der Waals surface area contributed by atoms with Crippen molar-refractivity contribution < 1.29 is 19.4 Å². The van der Waals surface area contributed by atoms with Crippen molar-refractivity contribution in [2.45, 2.75) is 33.7 Å². The second-order valence-electron chi connectivity index (χ2n) is 8.33. The van der Waals surface area contributed by atoms with Crippen LogP contribution in [0.4, 0.5) is 5.69 Å². The van der Waals surface area contributed by atoms with Gasteiger partial charge in [-0.15, -0.1) is 0 Å². The van der Waals surface area contributed by atoms with Crippen molar-refractivity contribution in [2.75, 3.05) is 11.5 Å². The van der Waals surface area contributed by atoms with Crippen molar-refractivity contribution in [2.24, 2.45) is 0 Å². The number of amides is 1. The van der Waals surface area contributed by atoms with Crippen LogP contribution in [0.1, 0.15) is 40.8 Å². The van der Waals surface area contributed by atoms with Crippen LogP contribution in [-0.2, 0) is 9.59 Å². The van der Waals surface area contributed by atoms with Gasteiger partial charge in [-0.05, 0) is 74.7 Å². The van der Waals surface area contributed by atoms with E-state index in [4.69, 9.17) is 4.74 Å². The SMILES string of the molecule is CCOc1cccc(C2/C(=C(\O)c3cc(C)ccc3C)C(=O)C(=O)N2c2cccc(C)c2)c1. The van der Waals surface area contributed by atoms with E-state index in [0.717, 1.165) is 16.7 Å². The van der Waals surface area contributed by atoms with Crippen LogP contribution in [0.2, 0.25) is 0 Å². The summed E-state index contributed by atoms with van der Waals surface area (Å²) in [7, 11) is 0. The highest BCUT2D eigenvalue weighted by molar-refractivity contribution is 6.51. The van der Waals surface area contributed by atoms with Crippen LogP contribution >= 0.6 is 0 Å². The number of Topliss-reactive ketones (excluding diaryl/α,β-unsaturated/α-hetero) is 1. The minimum atomic E-state index is -0.785. The van der Waals surface area contributed by atoms with Crippen LogP contribution in [-0.4, -0.2) is 23.4 Å². The van der Waals surface area contributed by atoms with Gasteiger partial charge in [0.25, 0.3) is 11.7 Å². The predicted octanol–water partition coefficient (Wildman–Crippen LogP) is 5.64. The largest absolute Gasteiger partial charge is 0.507 e. The molecule has 1 amide bonds. The third-order valence-electron chi connectivity index (χ3n) is 5.86. The number of carbonyl (C=O) groups is 2. The van der Waals surface area contributed by atoms with E-state index in [9.17, 15) is 14.7 Å². The average molecular weight is 442 g/mol. The molecule has 0 bridgehead atoms. The van der Waals surface area contributed by atoms with E-state index in [1.54, 1.807) is 6.07 Å². The first-order valence-corrected chi connectivity index (χ1v) is 11.0. The number of ether oxygens (including phenoxy) is 1. The molecule has 1 aliphatic heterocycles. The Morgan fingerprint density at radius 3 is 2.39 bits per heavy atom. The van der Waals surface area contributed by atoms with E-state index in [-0.39, 0.29) is 11.3 Å². The van der Waals surface area contributed by atoms with Crippen LogP contribution in [0.15, 0.2) is 72.3 Å². The first-order chi connectivity index (χ1) is 15.8. The lowest BCUT2D eigenvalue weighted by Crippen LogP contribution is -2.29. The quantitative estimate of drug-likeness (QED) is 0.316. The van der Waals surface area contributed by atoms with Crippen molar-refractivity contribution in [3.8, 4) is 5.75 Å². The van der Waals surface area contributed by atoms with Crippen LogP contribution in [0, 0.1) is 20.8 Å². The maximum absolute atomic E-state index is 13.3. The highest BCUT2D eigenvalue weighted by atomic mass is 16.5. The molecule has 1 heterocycles. The lowest BCUT2D eigenvalue weighted by atomic mass is 9.93. The zero-order valence-electron chi connectivity index (χ0n) is 19.3. The molecule has 1 unspecified atom stereocenters. The topological polar surface area (TPSA) is 66.8 Å². The Labute approximate surface area is 193 Å². The lowest BCUT2D eigenvalue weighted by molar-refractivity contribution is -0.132. The lowest BCUT2D eigenvalue weighted by Gasteiger charge is -2.26. The van der Waals surface area contributed by atoms with E-state index in [1.807, 2.05) is 88.4 Å². The summed E-state index contributed by atoms with van der Waals surface area (Å²) in [6.45, 7) is 8.11. The summed E-state index contributed by atoms with van der Waals surface area (Å²) in [6.07, 6.45) is 0. The van der Waals surface area contributed by atoms with E-state index in [2.05, 4.69) is 0 Å². The number of anilines is 1. The molecule has 5 heteroatoms. The van der Waals surface area contributed by atoms with Gasteiger partial charge in [0.2, 0.25) is 0 Å². The standard InChI is InChI=1S/C28H27NO4/c1-5-33-22-11-7-9-20(16-22)25-24(26(30)23-15-18(3)12-13-19(23)4)27(31)28(32)29(25)21-10-6-8-17(2)14-21/h6-16,25,30H,5H2,1-4H3/b26-24+. The molecule has 4 rings (SSSR count). The molecule has 3 aromatic carbocycles. The Kier molecular flexibility index (Phi) is 6.05. The molecule has 1 aliphatic rings. The average Bonchev–Trinajstić information content (AvgIpc) is 3.06. The number of aliphatic hydroxyl groups is 1. The van der Waals surface area contributed by atoms with Crippen molar-refractivity contribution in [1.82, 2.24) is 0 Å². The van der Waals surface area contributed by atoms with Crippen molar-refractivity contribution in [3.63, 3.8) is 0 Å². The van der Waals surface area contributed by atoms with Crippen LogP contribution in [0.3, 0.4) is 0 Å². The number of carbonyl (C=O) groups excluding carboxylic acids is 2. The summed E-state index contributed by atoms with van der Waals surface area (Å²) < 4.78 is 5.67. The van der Waals surface area contributed by atoms with E-state index < -0.39 is 17.7 Å². The summed E-state index contributed by atoms with van der Waals surface area (Å²) in [6, 6.07) is 19.7. The highest BCUT2D eigenvalue weighted by Gasteiger charge is 2.47. The van der Waals surface area contributed by atoms with E-state index in [1.165, 1.54) is 4.90 Å². The van der Waals surface area contributed by atoms with Crippen molar-refractivity contribution in [1.29, 1.82) is 0 Å². The molecule has 0 radical (unpaired) electrons. The Hall–Kier alpha value is -3.86. The number of hydrogen-bond donors (Lipinski definition) is 1. The molecule has 1 atom stereocenters. The third-order valence-corrected chi connectivity index (χ3v) is 5.86. The Morgan fingerprint density at radius 2 is 1.67 bits per heavy atom. The van der Waals surface area contributed by atoms with Crippen LogP contribution in [0.5, 0.6) is 5.75 Å². The molecule has 1 fully saturated rings. The van der Waals surface area contributed by atoms with Gasteiger partial charge < -0.3 is 9.84 Å². The third kappa shape index (κ3) is 4.14. The van der Waals surface area contributed by atoms with Gasteiger partial charge in [-0.2, -0.15) is 0 Å². The molecular formula is C28H27NO4. The molecule has 168 valence electrons. The van der Waals surface area contributed by atoms with Gasteiger partial charge in [0.05, 0.1) is 18.2 Å². The Balaban J connectivity index is 1.98. The zero-order chi connectivity index (χ0) is 23.7. The molecule has 0 aromatic heterocycles. The summed E-state index contributed by atoms with van der Waals surface area (Å²) in [4.78, 5) is 28.1. The van der Waals surface area contributed by atoms with Gasteiger partial charge in [0, 0.05) is 11.3 Å². The summed E-state index contributed by atoms with van der Waals surface area (Å²) in [5.74, 6) is -0.908. The minimum absolute atomic E-state index is 0.0730. The van der Waals surface area contributed by atoms with Crippen LogP contribution in [0.25, 0.3) is 5.76 Å². The molecule has 0 aliphatic carbocycles. The van der Waals surface area contributed by atoms with Crippen molar-refractivity contribution >= 4 is 23.1 Å². The first kappa shape index (κ1) is 22.3. The molecule has 1 saturated heterocycles. The predicted molar refractivity (Wildman–Crippen MR) is 129 cm³/mol. The van der Waals surface area contributed by atoms with Gasteiger partial charge in [-0.25, -0.2) is 0 Å². The Morgan fingerprint density at radius 1 is 0.939 bits per heavy atom. The molecule has 3 aromatic rings. The number of aryl methyl sites for hydroxylation is 3. The fourth-order valence-electron chi connectivity index (χ4n) is 4.27. The summed E-state index contributed by atoms with van der Waals surface area (Å²) in [5.41, 5.74) is 4.64. The van der Waals surface area contributed by atoms with E-state index in [0.29, 0.717) is 29.2 Å². The second-order valence-corrected chi connectivity index (χ2v) is 8.33. The Bertz CT molecular complexity index is 1270. The smallest absolute Gasteiger partial charge is 0.300 e. The van der Waals surface area contributed by atoms with Gasteiger partial charge >= 0.3 is 0 Å². The number of hydrogen-bond acceptors (Lipinski definition) is 4. The number of nitrogens with zero attached hydrogens (tertiary/aromatic N) is 1. The molecule has 0 saturated carbocycles. The van der Waals surface area contributed by atoms with E-state index >= 15 is 0 Å². The first-order valence-electron chi connectivity index (χ1n) is 11.0. The molecule has 5 nitrogen and oxygen atoms in total. The van der Waals surface area contributed by atoms with Gasteiger partial charge in [-0.1, -0.05) is 42.0 Å². The molecule has 0 spiro atoms. The van der Waals surface area contributed by atoms with Crippen LogP contribution < -0.4 is 9.64 Å². The summed E-state index contributed by atoms with van der Waals surface area (Å²) >= 11 is 0. The number of aliphatic hydroxyl groups excluding tert-OH is 1.